The van der Waals surface area contributed by atoms with E-state index in [2.05, 4.69) is 22.9 Å². The lowest BCUT2D eigenvalue weighted by Gasteiger charge is -2.24. The highest BCUT2D eigenvalue weighted by atomic mass is 79.9. The summed E-state index contributed by atoms with van der Waals surface area (Å²) in [5.41, 5.74) is 1.06. The Morgan fingerprint density at radius 3 is 2.67 bits per heavy atom. The van der Waals surface area contributed by atoms with Crippen molar-refractivity contribution in [2.45, 2.75) is 89.8 Å². The predicted octanol–water partition coefficient (Wildman–Crippen LogP) is 4.69. The minimum absolute atomic E-state index is 0.121. The van der Waals surface area contributed by atoms with Crippen LogP contribution in [-0.2, 0) is 19.1 Å². The van der Waals surface area contributed by atoms with Gasteiger partial charge in [0.05, 0.1) is 19.1 Å². The highest BCUT2D eigenvalue weighted by molar-refractivity contribution is 9.09. The summed E-state index contributed by atoms with van der Waals surface area (Å²) in [4.78, 5) is 23.9. The summed E-state index contributed by atoms with van der Waals surface area (Å²) in [6.45, 7) is 2.11. The maximum absolute atomic E-state index is 12.2. The van der Waals surface area contributed by atoms with Crippen molar-refractivity contribution in [3.8, 4) is 0 Å². The molecule has 1 saturated carbocycles. The average Bonchev–Trinajstić information content (AvgIpc) is 2.65. The number of methoxy groups -OCH3 is 1. The number of aliphatic hydroxyl groups excluding tert-OH is 1. The standard InChI is InChI=1S/C21H35BrO5/c1-3-4-7-12-19(27-20(24)15-22)18(23)14-13-16-10-8-5-6-9-11-17(16)21(25)26-2/h13,17-19,23H,3-12,14-15H2,1-2H3. The van der Waals surface area contributed by atoms with E-state index in [1.165, 1.54) is 7.11 Å². The first-order valence-electron chi connectivity index (χ1n) is 10.2. The van der Waals surface area contributed by atoms with Crippen molar-refractivity contribution in [3.63, 3.8) is 0 Å². The number of rotatable bonds is 10. The van der Waals surface area contributed by atoms with Crippen molar-refractivity contribution in [2.24, 2.45) is 5.92 Å². The molecule has 6 heteroatoms. The Labute approximate surface area is 172 Å². The molecule has 0 radical (unpaired) electrons. The van der Waals surface area contributed by atoms with Gasteiger partial charge in [0.1, 0.15) is 11.4 Å². The van der Waals surface area contributed by atoms with E-state index in [0.717, 1.165) is 63.4 Å². The Balaban J connectivity index is 2.80. The molecule has 0 aromatic rings. The normalized spacial score (nSPS) is 21.8. The Morgan fingerprint density at radius 1 is 1.26 bits per heavy atom. The fourth-order valence-corrected chi connectivity index (χ4v) is 3.73. The molecule has 0 amide bonds. The smallest absolute Gasteiger partial charge is 0.316 e. The molecule has 0 aromatic carbocycles. The molecule has 1 N–H and O–H groups in total. The Bertz CT molecular complexity index is 477. The first-order chi connectivity index (χ1) is 13.0. The highest BCUT2D eigenvalue weighted by Gasteiger charge is 2.26. The zero-order valence-electron chi connectivity index (χ0n) is 16.8. The molecule has 0 aromatic heterocycles. The number of hydrogen-bond donors (Lipinski definition) is 1. The number of carbonyl (C=O) groups excluding carboxylic acids is 2. The van der Waals surface area contributed by atoms with Crippen LogP contribution in [0.5, 0.6) is 0 Å². The molecule has 0 saturated heterocycles. The largest absolute Gasteiger partial charge is 0.469 e. The van der Waals surface area contributed by atoms with Gasteiger partial charge >= 0.3 is 11.9 Å². The molecule has 0 bridgehead atoms. The fraction of sp³-hybridized carbons (Fsp3) is 0.810. The average molecular weight is 447 g/mol. The Morgan fingerprint density at radius 2 is 2.00 bits per heavy atom. The zero-order valence-corrected chi connectivity index (χ0v) is 18.3. The summed E-state index contributed by atoms with van der Waals surface area (Å²) in [6.07, 6.45) is 10.8. The van der Waals surface area contributed by atoms with Crippen LogP contribution in [0.25, 0.3) is 0 Å². The van der Waals surface area contributed by atoms with E-state index in [9.17, 15) is 14.7 Å². The van der Waals surface area contributed by atoms with Crippen LogP contribution in [0.2, 0.25) is 0 Å². The molecule has 3 atom stereocenters. The van der Waals surface area contributed by atoms with Crippen molar-refractivity contribution >= 4 is 27.9 Å². The predicted molar refractivity (Wildman–Crippen MR) is 110 cm³/mol. The molecule has 3 unspecified atom stereocenters. The second-order valence-electron chi connectivity index (χ2n) is 7.27. The van der Waals surface area contributed by atoms with E-state index in [-0.39, 0.29) is 23.2 Å². The fourth-order valence-electron chi connectivity index (χ4n) is 3.60. The van der Waals surface area contributed by atoms with Crippen LogP contribution in [-0.4, -0.2) is 41.7 Å². The van der Waals surface area contributed by atoms with Crippen LogP contribution in [0.4, 0.5) is 0 Å². The first kappa shape index (κ1) is 24.2. The van der Waals surface area contributed by atoms with Crippen LogP contribution in [0.1, 0.15) is 77.6 Å². The SMILES string of the molecule is CCCCCC(OC(=O)CBr)C(O)CC=C1CCCCCCC1C(=O)OC. The summed E-state index contributed by atoms with van der Waals surface area (Å²) in [6, 6.07) is 0. The lowest BCUT2D eigenvalue weighted by molar-refractivity contribution is -0.152. The molecule has 1 rings (SSSR count). The van der Waals surface area contributed by atoms with Crippen LogP contribution in [0.15, 0.2) is 11.6 Å². The lowest BCUT2D eigenvalue weighted by atomic mass is 9.85. The number of halogens is 1. The van der Waals surface area contributed by atoms with Crippen molar-refractivity contribution < 1.29 is 24.2 Å². The minimum Gasteiger partial charge on any atom is -0.469 e. The number of ether oxygens (including phenoxy) is 2. The lowest BCUT2D eigenvalue weighted by Crippen LogP contribution is -2.31. The minimum atomic E-state index is -0.763. The van der Waals surface area contributed by atoms with Crippen LogP contribution in [0, 0.1) is 5.92 Å². The monoisotopic (exact) mass is 446 g/mol. The molecule has 0 heterocycles. The highest BCUT2D eigenvalue weighted by Crippen LogP contribution is 2.29. The second kappa shape index (κ2) is 14.2. The third kappa shape index (κ3) is 9.24. The third-order valence-corrected chi connectivity index (χ3v) is 5.63. The second-order valence-corrected chi connectivity index (χ2v) is 7.83. The van der Waals surface area contributed by atoms with Gasteiger partial charge in [-0.3, -0.25) is 9.59 Å². The van der Waals surface area contributed by atoms with Gasteiger partial charge in [-0.2, -0.15) is 0 Å². The summed E-state index contributed by atoms with van der Waals surface area (Å²) in [5.74, 6) is -0.768. The summed E-state index contributed by atoms with van der Waals surface area (Å²) in [5, 5.41) is 10.8. The summed E-state index contributed by atoms with van der Waals surface area (Å²) < 4.78 is 10.4. The van der Waals surface area contributed by atoms with Gasteiger partial charge in [-0.05, 0) is 38.5 Å². The number of hydrogen-bond acceptors (Lipinski definition) is 5. The van der Waals surface area contributed by atoms with Crippen LogP contribution < -0.4 is 0 Å². The molecule has 156 valence electrons. The van der Waals surface area contributed by atoms with Crippen molar-refractivity contribution in [1.82, 2.24) is 0 Å². The van der Waals surface area contributed by atoms with Crippen LogP contribution in [0.3, 0.4) is 0 Å². The molecule has 0 aliphatic heterocycles. The molecular weight excluding hydrogens is 412 g/mol. The van der Waals surface area contributed by atoms with Gasteiger partial charge in [-0.25, -0.2) is 0 Å². The Hall–Kier alpha value is -0.880. The topological polar surface area (TPSA) is 72.8 Å². The van der Waals surface area contributed by atoms with Crippen molar-refractivity contribution in [3.05, 3.63) is 11.6 Å². The molecule has 1 aliphatic rings. The maximum Gasteiger partial charge on any atom is 0.316 e. The van der Waals surface area contributed by atoms with Gasteiger partial charge in [0.2, 0.25) is 0 Å². The number of carbonyl (C=O) groups is 2. The molecule has 1 fully saturated rings. The van der Waals surface area contributed by atoms with E-state index in [1.807, 2.05) is 6.08 Å². The molecule has 5 nitrogen and oxygen atoms in total. The number of esters is 2. The van der Waals surface area contributed by atoms with Gasteiger partial charge in [0.15, 0.2) is 0 Å². The molecule has 27 heavy (non-hydrogen) atoms. The van der Waals surface area contributed by atoms with E-state index < -0.39 is 12.2 Å². The van der Waals surface area contributed by atoms with Gasteiger partial charge < -0.3 is 14.6 Å². The number of aliphatic hydroxyl groups is 1. The first-order valence-corrected chi connectivity index (χ1v) is 11.4. The quantitative estimate of drug-likeness (QED) is 0.228. The van der Waals surface area contributed by atoms with Gasteiger partial charge in [-0.15, -0.1) is 0 Å². The summed E-state index contributed by atoms with van der Waals surface area (Å²) >= 11 is 3.10. The van der Waals surface area contributed by atoms with E-state index in [4.69, 9.17) is 9.47 Å². The van der Waals surface area contributed by atoms with Crippen molar-refractivity contribution in [2.75, 3.05) is 12.4 Å². The van der Waals surface area contributed by atoms with Crippen molar-refractivity contribution in [1.29, 1.82) is 0 Å². The maximum atomic E-state index is 12.2. The van der Waals surface area contributed by atoms with E-state index in [1.54, 1.807) is 0 Å². The zero-order chi connectivity index (χ0) is 20.1. The van der Waals surface area contributed by atoms with E-state index >= 15 is 0 Å². The molecule has 1 aliphatic carbocycles. The Kier molecular flexibility index (Phi) is 12.7. The van der Waals surface area contributed by atoms with E-state index in [0.29, 0.717) is 12.8 Å². The molecule has 0 spiro atoms. The van der Waals surface area contributed by atoms with Gasteiger partial charge in [0.25, 0.3) is 0 Å². The summed E-state index contributed by atoms with van der Waals surface area (Å²) in [7, 11) is 1.43. The van der Waals surface area contributed by atoms with Gasteiger partial charge in [-0.1, -0.05) is 66.6 Å². The number of alkyl halides is 1. The third-order valence-electron chi connectivity index (χ3n) is 5.18. The number of unbranched alkanes of at least 4 members (excludes halogenated alkanes) is 2. The molecular formula is C21H35BrO5. The van der Waals surface area contributed by atoms with Crippen LogP contribution >= 0.6 is 15.9 Å². The van der Waals surface area contributed by atoms with Gasteiger partial charge in [0, 0.05) is 0 Å².